The zero-order valence-corrected chi connectivity index (χ0v) is 64.5. The first-order valence-electron chi connectivity index (χ1n) is 37.8. The zero-order chi connectivity index (χ0) is 75.9. The lowest BCUT2D eigenvalue weighted by molar-refractivity contribution is -0.123. The molecule has 4 heterocycles. The molecule has 37 nitrogen and oxygen atoms in total. The van der Waals surface area contributed by atoms with Crippen LogP contribution in [0.3, 0.4) is 0 Å². The van der Waals surface area contributed by atoms with Crippen molar-refractivity contribution in [2.75, 3.05) is 316 Å². The van der Waals surface area contributed by atoms with Crippen molar-refractivity contribution in [1.82, 2.24) is 61.5 Å². The Morgan fingerprint density at radius 3 is 1.16 bits per heavy atom. The molecule has 2 fully saturated rings. The molecular weight excluding hydrogens is 1430 g/mol. The van der Waals surface area contributed by atoms with Crippen molar-refractivity contribution in [3.05, 3.63) is 23.8 Å². The average molecular weight is 1560 g/mol. The molecule has 2 aromatic heterocycles. The van der Waals surface area contributed by atoms with Crippen molar-refractivity contribution in [1.29, 1.82) is 0 Å². The van der Waals surface area contributed by atoms with E-state index in [2.05, 4.69) is 52.1 Å². The lowest BCUT2D eigenvalue weighted by atomic mass is 10.0. The van der Waals surface area contributed by atoms with Gasteiger partial charge in [-0.15, -0.1) is 10.2 Å². The van der Waals surface area contributed by atoms with Crippen LogP contribution in [0.15, 0.2) is 12.4 Å². The van der Waals surface area contributed by atoms with E-state index in [0.717, 1.165) is 30.7 Å². The van der Waals surface area contributed by atoms with Gasteiger partial charge >= 0.3 is 6.03 Å². The van der Waals surface area contributed by atoms with E-state index in [4.69, 9.17) is 99.5 Å². The van der Waals surface area contributed by atoms with Crippen LogP contribution in [-0.4, -0.2) is 392 Å². The number of aromatic nitrogens is 6. The van der Waals surface area contributed by atoms with E-state index in [1.165, 1.54) is 0 Å². The number of unbranched alkanes of at least 4 members (excludes halogenated alkanes) is 1. The van der Waals surface area contributed by atoms with Crippen LogP contribution in [0.25, 0.3) is 0 Å². The van der Waals surface area contributed by atoms with Gasteiger partial charge in [-0.05, 0) is 19.8 Å². The van der Waals surface area contributed by atoms with E-state index in [-0.39, 0.29) is 55.4 Å². The molecule has 3 unspecified atom stereocenters. The number of hydrogen-bond donors (Lipinski definition) is 5. The summed E-state index contributed by atoms with van der Waals surface area (Å²) in [5.74, 6) is 0.771. The second kappa shape index (κ2) is 70.5. The summed E-state index contributed by atoms with van der Waals surface area (Å²) in [6.07, 6.45) is 7.47. The first-order chi connectivity index (χ1) is 52.8. The monoisotopic (exact) mass is 1560 g/mol. The number of urea groups is 1. The minimum absolute atomic E-state index is 0.0331. The lowest BCUT2D eigenvalue weighted by Gasteiger charge is -2.22. The topological polar surface area (TPSA) is 387 Å². The second-order valence-corrected chi connectivity index (χ2v) is 25.2. The van der Waals surface area contributed by atoms with Crippen LogP contribution in [0.2, 0.25) is 0 Å². The molecule has 5 amide bonds. The smallest absolute Gasteiger partial charge is 0.315 e. The van der Waals surface area contributed by atoms with Gasteiger partial charge < -0.3 is 126 Å². The highest BCUT2D eigenvalue weighted by Gasteiger charge is 2.42. The molecule has 38 heteroatoms. The molecule has 0 aromatic carbocycles. The molecule has 2 aromatic rings. The fourth-order valence-electron chi connectivity index (χ4n) is 9.77. The normalized spacial score (nSPS) is 14.9. The van der Waals surface area contributed by atoms with Crippen molar-refractivity contribution >= 4 is 35.5 Å². The molecule has 3 atom stereocenters. The van der Waals surface area contributed by atoms with Gasteiger partial charge in [-0.3, -0.25) is 19.3 Å². The Labute approximate surface area is 635 Å². The maximum Gasteiger partial charge on any atom is 0.315 e. The molecule has 2 aliphatic heterocycles. The van der Waals surface area contributed by atoms with E-state index in [9.17, 15) is 19.2 Å². The number of thioether (sulfide) groups is 1. The molecule has 0 aliphatic carbocycles. The van der Waals surface area contributed by atoms with Crippen LogP contribution in [0, 0.1) is 6.92 Å². The number of fused-ring (bicyclic) bond motifs is 1. The number of nitrogens with zero attached hydrogens (tertiary/aromatic N) is 7. The largest absolute Gasteiger partial charge is 0.379 e. The highest BCUT2D eigenvalue weighted by molar-refractivity contribution is 8.00. The summed E-state index contributed by atoms with van der Waals surface area (Å²) in [5.41, 5.74) is 1.51. The molecule has 4 rings (SSSR count). The third-order valence-corrected chi connectivity index (χ3v) is 17.0. The maximum atomic E-state index is 12.4. The summed E-state index contributed by atoms with van der Waals surface area (Å²) in [4.78, 5) is 49.5. The fourth-order valence-corrected chi connectivity index (χ4v) is 11.3. The molecular formula is C69H128N12O25S. The quantitative estimate of drug-likeness (QED) is 0.0412. The molecule has 0 bridgehead atoms. The third kappa shape index (κ3) is 57.2. The fraction of sp³-hybridized carbons (Fsp3) is 0.884. The van der Waals surface area contributed by atoms with Crippen LogP contribution in [-0.2, 0) is 133 Å². The van der Waals surface area contributed by atoms with Gasteiger partial charge in [0.2, 0.25) is 17.7 Å². The summed E-state index contributed by atoms with van der Waals surface area (Å²) in [6.45, 7) is 24.7. The number of amides is 5. The summed E-state index contributed by atoms with van der Waals surface area (Å²) in [7, 11) is 1.60. The Morgan fingerprint density at radius 1 is 0.421 bits per heavy atom. The Kier molecular flexibility index (Phi) is 62.5. The predicted octanol–water partition coefficient (Wildman–Crippen LogP) is -0.487. The Morgan fingerprint density at radius 2 is 0.766 bits per heavy atom. The van der Waals surface area contributed by atoms with E-state index in [1.54, 1.807) is 22.6 Å². The standard InChI is InChI=1S/C69H128N12O25S/c1-61-58-80(77-75-61)13-21-92-29-37-97-35-27-90-19-11-79(10-18-89-26-34-94-31-23-86-15-7-65(82)70-2)12-20-91-28-36-98-38-30-93-22-14-81-59-62(76-78-81)57-72-67(84)8-16-87-24-32-95-39-41-99-43-45-101-47-49-103-51-53-105-55-56-106-54-52-104-50-48-102-46-44-100-42-40-96-33-25-88-17-9-71-66(83)6-4-3-5-64-68-63(60-107-64)73-69(85)74-68/h58-59,63-64,68H,3-57,60H2,1-2H3,(H,70,82)(H,71,83)(H,72,84)(H2,73,74,85). The van der Waals surface area contributed by atoms with Crippen molar-refractivity contribution in [2.45, 2.75) is 82.4 Å². The van der Waals surface area contributed by atoms with Crippen LogP contribution in [0.1, 0.15) is 49.9 Å². The number of nitrogens with one attached hydrogen (secondary N) is 5. The molecule has 0 spiro atoms. The van der Waals surface area contributed by atoms with Gasteiger partial charge in [0.05, 0.1) is 321 Å². The molecule has 2 saturated heterocycles. The number of carbonyl (C=O) groups is 4. The summed E-state index contributed by atoms with van der Waals surface area (Å²) < 4.78 is 121. The van der Waals surface area contributed by atoms with E-state index in [0.29, 0.717) is 334 Å². The van der Waals surface area contributed by atoms with Crippen LogP contribution >= 0.6 is 11.8 Å². The van der Waals surface area contributed by atoms with E-state index in [1.807, 2.05) is 24.9 Å². The number of carbonyl (C=O) groups excluding carboxylic acids is 4. The van der Waals surface area contributed by atoms with Gasteiger partial charge in [-0.2, -0.15) is 11.8 Å². The van der Waals surface area contributed by atoms with Gasteiger partial charge in [0, 0.05) is 69.7 Å². The van der Waals surface area contributed by atoms with Gasteiger partial charge in [-0.1, -0.05) is 16.8 Å². The number of ether oxygens (including phenoxy) is 21. The molecule has 0 radical (unpaired) electrons. The summed E-state index contributed by atoms with van der Waals surface area (Å²) >= 11 is 1.90. The Balaban J connectivity index is 0.790. The van der Waals surface area contributed by atoms with E-state index >= 15 is 0 Å². The average Bonchev–Trinajstić information content (AvgIpc) is 1.67. The van der Waals surface area contributed by atoms with Crippen molar-refractivity contribution < 1.29 is 119 Å². The lowest BCUT2D eigenvalue weighted by Crippen LogP contribution is -2.36. The SMILES string of the molecule is CNC(=O)CCOCCOCCOCCN(CCOCCOCCOCCn1cc(C)nn1)CCOCCOCCOCCn1cc(CNC(=O)CCOCCOCCOCCOCCOCCOCCOCCOCCOCCOCCOCCOCCNC(=O)CCCCC2SCC3NC(=O)NC32)nn1. The Hall–Kier alpha value is -4.57. The third-order valence-electron chi connectivity index (χ3n) is 15.5. The summed E-state index contributed by atoms with van der Waals surface area (Å²) in [6, 6.07) is 0.374. The van der Waals surface area contributed by atoms with Crippen molar-refractivity contribution in [3.63, 3.8) is 0 Å². The number of aryl methyl sites for hydroxylation is 1. The first kappa shape index (κ1) is 94.8. The highest BCUT2D eigenvalue weighted by Crippen LogP contribution is 2.33. The first-order valence-corrected chi connectivity index (χ1v) is 38.9. The molecule has 0 saturated carbocycles. The minimum atomic E-state index is -0.156. The highest BCUT2D eigenvalue weighted by atomic mass is 32.2. The molecule has 2 aliphatic rings. The van der Waals surface area contributed by atoms with Crippen molar-refractivity contribution in [2.24, 2.45) is 0 Å². The zero-order valence-electron chi connectivity index (χ0n) is 63.7. The van der Waals surface area contributed by atoms with Crippen molar-refractivity contribution in [3.8, 4) is 0 Å². The number of rotatable bonds is 82. The van der Waals surface area contributed by atoms with Crippen LogP contribution in [0.5, 0.6) is 0 Å². The Bertz CT molecular complexity index is 2390. The predicted molar refractivity (Wildman–Crippen MR) is 391 cm³/mol. The molecule has 620 valence electrons. The molecule has 107 heavy (non-hydrogen) atoms. The van der Waals surface area contributed by atoms with Gasteiger partial charge in [-0.25, -0.2) is 14.2 Å². The van der Waals surface area contributed by atoms with Gasteiger partial charge in [0.25, 0.3) is 0 Å². The summed E-state index contributed by atoms with van der Waals surface area (Å²) in [5, 5.41) is 30.9. The van der Waals surface area contributed by atoms with Crippen LogP contribution in [0.4, 0.5) is 4.79 Å². The second-order valence-electron chi connectivity index (χ2n) is 24.0. The van der Waals surface area contributed by atoms with Crippen LogP contribution < -0.4 is 26.6 Å². The van der Waals surface area contributed by atoms with E-state index < -0.39 is 0 Å². The number of hydrogen-bond acceptors (Lipinski definition) is 31. The van der Waals surface area contributed by atoms with Gasteiger partial charge in [0.1, 0.15) is 5.69 Å². The molecule has 5 N–H and O–H groups in total. The maximum absolute atomic E-state index is 12.4. The minimum Gasteiger partial charge on any atom is -0.379 e. The van der Waals surface area contributed by atoms with Gasteiger partial charge in [0.15, 0.2) is 0 Å².